The van der Waals surface area contributed by atoms with Crippen LogP contribution in [0.5, 0.6) is 0 Å². The van der Waals surface area contributed by atoms with E-state index in [-0.39, 0.29) is 23.4 Å². The molecule has 1 aliphatic rings. The highest BCUT2D eigenvalue weighted by atomic mass is 35.5. The first kappa shape index (κ1) is 25.3. The quantitative estimate of drug-likeness (QED) is 0.364. The fraction of sp³-hybridized carbons (Fsp3) is 0.280. The topological polar surface area (TPSA) is 49.4 Å². The second-order valence-corrected chi connectivity index (χ2v) is 11.5. The molecule has 34 heavy (non-hydrogen) atoms. The summed E-state index contributed by atoms with van der Waals surface area (Å²) >= 11 is 18.7. The van der Waals surface area contributed by atoms with Crippen LogP contribution in [-0.2, 0) is 10.0 Å². The van der Waals surface area contributed by atoms with Crippen LogP contribution in [0, 0.1) is 18.7 Å². The largest absolute Gasteiger partial charge is 0.364 e. The van der Waals surface area contributed by atoms with Crippen LogP contribution in [0.3, 0.4) is 0 Å². The van der Waals surface area contributed by atoms with E-state index in [1.807, 2.05) is 36.4 Å². The fourth-order valence-corrected chi connectivity index (χ4v) is 6.43. The van der Waals surface area contributed by atoms with Crippen molar-refractivity contribution in [1.82, 2.24) is 4.72 Å². The van der Waals surface area contributed by atoms with E-state index in [2.05, 4.69) is 9.62 Å². The van der Waals surface area contributed by atoms with Gasteiger partial charge in [-0.15, -0.1) is 0 Å². The number of benzene rings is 3. The average molecular weight is 542 g/mol. The summed E-state index contributed by atoms with van der Waals surface area (Å²) in [5, 5.41) is 1.80. The van der Waals surface area contributed by atoms with Gasteiger partial charge in [0, 0.05) is 33.8 Å². The molecule has 180 valence electrons. The minimum Gasteiger partial charge on any atom is -0.364 e. The van der Waals surface area contributed by atoms with Gasteiger partial charge in [-0.1, -0.05) is 46.9 Å². The normalized spacial score (nSPS) is 18.8. The zero-order chi connectivity index (χ0) is 24.5. The van der Waals surface area contributed by atoms with E-state index in [4.69, 9.17) is 34.8 Å². The second-order valence-electron chi connectivity index (χ2n) is 8.52. The third kappa shape index (κ3) is 5.69. The SMILES string of the molecule is Cc1ccc(F)cc1S(=O)(=O)NCC1CCC(c2ccc(Cl)cc2Cl)N(c2ccc(Cl)cc2)C1. The summed E-state index contributed by atoms with van der Waals surface area (Å²) in [6.45, 7) is 2.50. The molecule has 3 aromatic carbocycles. The Bertz CT molecular complexity index is 1290. The van der Waals surface area contributed by atoms with Crippen LogP contribution in [-0.4, -0.2) is 21.5 Å². The Hall–Kier alpha value is -1.83. The molecule has 4 nitrogen and oxygen atoms in total. The Kier molecular flexibility index (Phi) is 7.75. The molecule has 0 aromatic heterocycles. The predicted molar refractivity (Wildman–Crippen MR) is 137 cm³/mol. The van der Waals surface area contributed by atoms with E-state index >= 15 is 0 Å². The molecule has 0 saturated carbocycles. The summed E-state index contributed by atoms with van der Waals surface area (Å²) in [6.07, 6.45) is 1.56. The molecule has 0 bridgehead atoms. The Morgan fingerprint density at radius 2 is 1.68 bits per heavy atom. The molecule has 2 unspecified atom stereocenters. The number of aryl methyl sites for hydroxylation is 1. The van der Waals surface area contributed by atoms with E-state index in [1.165, 1.54) is 12.1 Å². The van der Waals surface area contributed by atoms with Gasteiger partial charge >= 0.3 is 0 Å². The number of piperidine rings is 1. The maximum Gasteiger partial charge on any atom is 0.240 e. The minimum atomic E-state index is -3.84. The summed E-state index contributed by atoms with van der Waals surface area (Å²) in [5.74, 6) is -0.540. The molecule has 2 atom stereocenters. The smallest absolute Gasteiger partial charge is 0.240 e. The number of hydrogen-bond acceptors (Lipinski definition) is 3. The highest BCUT2D eigenvalue weighted by molar-refractivity contribution is 7.89. The number of rotatable bonds is 6. The van der Waals surface area contributed by atoms with E-state index in [1.54, 1.807) is 13.0 Å². The summed E-state index contributed by atoms with van der Waals surface area (Å²) < 4.78 is 42.1. The molecule has 0 spiro atoms. The van der Waals surface area contributed by atoms with E-state index in [9.17, 15) is 12.8 Å². The third-order valence-corrected chi connectivity index (χ3v) is 8.54. The van der Waals surface area contributed by atoms with Gasteiger partial charge in [-0.3, -0.25) is 0 Å². The molecular formula is C25H24Cl3FN2O2S. The molecule has 0 radical (unpaired) electrons. The van der Waals surface area contributed by atoms with Gasteiger partial charge < -0.3 is 4.90 Å². The monoisotopic (exact) mass is 540 g/mol. The highest BCUT2D eigenvalue weighted by Gasteiger charge is 2.32. The number of anilines is 1. The van der Waals surface area contributed by atoms with Crippen LogP contribution >= 0.6 is 34.8 Å². The Morgan fingerprint density at radius 1 is 0.971 bits per heavy atom. The lowest BCUT2D eigenvalue weighted by molar-refractivity contribution is 0.358. The number of hydrogen-bond donors (Lipinski definition) is 1. The van der Waals surface area contributed by atoms with Gasteiger partial charge in [0.2, 0.25) is 10.0 Å². The van der Waals surface area contributed by atoms with Crippen LogP contribution in [0.2, 0.25) is 15.1 Å². The lowest BCUT2D eigenvalue weighted by Crippen LogP contribution is -2.43. The van der Waals surface area contributed by atoms with Crippen molar-refractivity contribution in [3.63, 3.8) is 0 Å². The van der Waals surface area contributed by atoms with E-state index in [0.717, 1.165) is 30.2 Å². The average Bonchev–Trinajstić information content (AvgIpc) is 2.80. The Morgan fingerprint density at radius 3 is 2.38 bits per heavy atom. The first-order valence-corrected chi connectivity index (χ1v) is 13.5. The second kappa shape index (κ2) is 10.4. The molecule has 0 aliphatic carbocycles. The van der Waals surface area contributed by atoms with Gasteiger partial charge in [0.15, 0.2) is 0 Å². The lowest BCUT2D eigenvalue weighted by atomic mass is 9.88. The molecule has 3 aromatic rings. The zero-order valence-corrected chi connectivity index (χ0v) is 21.5. The molecule has 1 aliphatic heterocycles. The highest BCUT2D eigenvalue weighted by Crippen LogP contribution is 2.40. The molecule has 9 heteroatoms. The summed E-state index contributed by atoms with van der Waals surface area (Å²) in [4.78, 5) is 2.19. The lowest BCUT2D eigenvalue weighted by Gasteiger charge is -2.42. The predicted octanol–water partition coefficient (Wildman–Crippen LogP) is 7.03. The van der Waals surface area contributed by atoms with Crippen molar-refractivity contribution in [3.8, 4) is 0 Å². The standard InChI is InChI=1S/C25H24Cl3FN2O2S/c1-16-2-7-20(29)13-25(16)34(32,33)30-14-17-3-11-24(22-10-6-19(27)12-23(22)28)31(15-17)21-8-4-18(26)5-9-21/h2,4-10,12-13,17,24,30H,3,11,14-15H2,1H3. The summed E-state index contributed by atoms with van der Waals surface area (Å²) in [7, 11) is -3.84. The van der Waals surface area contributed by atoms with E-state index in [0.29, 0.717) is 27.2 Å². The first-order chi connectivity index (χ1) is 16.1. The Labute approximate surface area is 214 Å². The number of sulfonamides is 1. The van der Waals surface area contributed by atoms with E-state index < -0.39 is 15.8 Å². The van der Waals surface area contributed by atoms with Crippen LogP contribution in [0.25, 0.3) is 0 Å². The van der Waals surface area contributed by atoms with Crippen molar-refractivity contribution in [1.29, 1.82) is 0 Å². The number of halogens is 4. The van der Waals surface area contributed by atoms with Crippen LogP contribution < -0.4 is 9.62 Å². The summed E-state index contributed by atoms with van der Waals surface area (Å²) in [6, 6.07) is 16.8. The van der Waals surface area contributed by atoms with Crippen molar-refractivity contribution in [2.45, 2.75) is 30.7 Å². The van der Waals surface area contributed by atoms with Gasteiger partial charge in [0.25, 0.3) is 0 Å². The molecule has 1 saturated heterocycles. The van der Waals surface area contributed by atoms with Crippen molar-refractivity contribution < 1.29 is 12.8 Å². The summed E-state index contributed by atoms with van der Waals surface area (Å²) in [5.41, 5.74) is 2.43. The third-order valence-electron chi connectivity index (χ3n) is 6.16. The van der Waals surface area contributed by atoms with Crippen molar-refractivity contribution in [2.75, 3.05) is 18.0 Å². The molecule has 1 heterocycles. The Balaban J connectivity index is 1.56. The van der Waals surface area contributed by atoms with Crippen molar-refractivity contribution >= 4 is 50.5 Å². The maximum atomic E-state index is 13.7. The number of nitrogens with zero attached hydrogens (tertiary/aromatic N) is 1. The minimum absolute atomic E-state index is 0.00395. The molecule has 4 rings (SSSR count). The molecule has 1 N–H and O–H groups in total. The van der Waals surface area contributed by atoms with Gasteiger partial charge in [-0.05, 0) is 85.3 Å². The van der Waals surface area contributed by atoms with Crippen LogP contribution in [0.15, 0.2) is 65.6 Å². The maximum absolute atomic E-state index is 13.7. The van der Waals surface area contributed by atoms with Gasteiger partial charge in [-0.2, -0.15) is 0 Å². The van der Waals surface area contributed by atoms with Crippen molar-refractivity contribution in [2.24, 2.45) is 5.92 Å². The van der Waals surface area contributed by atoms with Gasteiger partial charge in [0.1, 0.15) is 5.82 Å². The van der Waals surface area contributed by atoms with Crippen LogP contribution in [0.4, 0.5) is 10.1 Å². The first-order valence-electron chi connectivity index (χ1n) is 10.9. The van der Waals surface area contributed by atoms with Crippen LogP contribution in [0.1, 0.15) is 30.0 Å². The van der Waals surface area contributed by atoms with Gasteiger partial charge in [-0.25, -0.2) is 17.5 Å². The molecule has 1 fully saturated rings. The fourth-order valence-electron chi connectivity index (χ4n) is 4.39. The molecule has 0 amide bonds. The number of nitrogens with one attached hydrogen (secondary N) is 1. The van der Waals surface area contributed by atoms with Gasteiger partial charge in [0.05, 0.1) is 10.9 Å². The molecular weight excluding hydrogens is 518 g/mol. The zero-order valence-electron chi connectivity index (χ0n) is 18.4. The van der Waals surface area contributed by atoms with Crippen molar-refractivity contribution in [3.05, 3.63) is 92.7 Å².